The maximum Gasteiger partial charge on any atom is 0.348 e. The molecular weight excluding hydrogens is 702 g/mol. The minimum absolute atomic E-state index is 0.0400. The molecule has 0 unspecified atom stereocenters. The predicted octanol–water partition coefficient (Wildman–Crippen LogP) is 4.94. The summed E-state index contributed by atoms with van der Waals surface area (Å²) in [5.74, 6) is -0.0480. The number of rotatable bonds is 6. The molecule has 0 spiro atoms. The number of carbonyl (C=O) groups excluding carboxylic acids is 2. The van der Waals surface area contributed by atoms with E-state index in [4.69, 9.17) is 5.73 Å². The monoisotopic (exact) mass is 741 g/mol. The van der Waals surface area contributed by atoms with Crippen molar-refractivity contribution in [1.29, 1.82) is 0 Å². The van der Waals surface area contributed by atoms with E-state index >= 15 is 0 Å². The lowest BCUT2D eigenvalue weighted by Crippen LogP contribution is -2.56. The predicted molar refractivity (Wildman–Crippen MR) is 183 cm³/mol. The Bertz CT molecular complexity index is 1570. The van der Waals surface area contributed by atoms with Crippen LogP contribution in [-0.2, 0) is 11.2 Å². The van der Waals surface area contributed by atoms with Crippen LogP contribution in [0.5, 0.6) is 0 Å². The quantitative estimate of drug-likeness (QED) is 0.346. The summed E-state index contributed by atoms with van der Waals surface area (Å²) < 4.78 is 3.19. The van der Waals surface area contributed by atoms with Crippen molar-refractivity contribution in [3.05, 3.63) is 67.6 Å². The number of amides is 3. The largest absolute Gasteiger partial charge is 0.397 e. The topological polar surface area (TPSA) is 117 Å². The van der Waals surface area contributed by atoms with E-state index in [9.17, 15) is 14.4 Å². The van der Waals surface area contributed by atoms with E-state index in [0.29, 0.717) is 62.7 Å². The maximum atomic E-state index is 14.0. The lowest BCUT2D eigenvalue weighted by atomic mass is 9.98. The van der Waals surface area contributed by atoms with Gasteiger partial charge in [-0.05, 0) is 107 Å². The molecule has 0 saturated carbocycles. The Morgan fingerprint density at radius 3 is 2.20 bits per heavy atom. The van der Waals surface area contributed by atoms with Crippen molar-refractivity contribution in [1.82, 2.24) is 29.6 Å². The molecule has 2 aromatic carbocycles. The number of likely N-dealkylation sites (tertiary alicyclic amines) is 3. The van der Waals surface area contributed by atoms with Crippen LogP contribution in [0.15, 0.2) is 56.3 Å². The number of hydrogen-bond acceptors (Lipinski definition) is 6. The average Bonchev–Trinajstić information content (AvgIpc) is 3.06. The highest BCUT2D eigenvalue weighted by molar-refractivity contribution is 9.11. The normalized spacial score (nSPS) is 19.5. The highest BCUT2D eigenvalue weighted by Crippen LogP contribution is 2.31. The molecule has 3 saturated heterocycles. The third-order valence-electron chi connectivity index (χ3n) is 9.65. The number of halogens is 2. The average molecular weight is 744 g/mol. The molecule has 1 atom stereocenters. The Kier molecular flexibility index (Phi) is 10.1. The van der Waals surface area contributed by atoms with Gasteiger partial charge in [0.1, 0.15) is 6.04 Å². The Balaban J connectivity index is 1.12. The summed E-state index contributed by atoms with van der Waals surface area (Å²) >= 11 is 7.04. The zero-order chi connectivity index (χ0) is 31.5. The van der Waals surface area contributed by atoms with E-state index in [1.807, 2.05) is 47.5 Å². The number of para-hydroxylation sites is 1. The molecule has 0 bridgehead atoms. The first kappa shape index (κ1) is 32.0. The number of benzene rings is 2. The lowest BCUT2D eigenvalue weighted by molar-refractivity contribution is -0.134. The van der Waals surface area contributed by atoms with Crippen LogP contribution in [0.25, 0.3) is 10.9 Å². The standard InChI is InChI=1S/C33H41Br2N7O3/c34-26-18-22(19-27(35)30(26)36)20-29(31(43)40-14-8-24(9-15-40)39-12-4-1-5-13-39)38-32(44)41-16-10-25(11-17-41)42-21-23-6-2-3-7-28(23)37-33(42)45/h2-3,6-7,18-19,21,24-25,29H,1,4-5,8-17,20,36H2,(H,38,44)/t29-/m0/s1. The van der Waals surface area contributed by atoms with E-state index in [1.54, 1.807) is 9.47 Å². The molecule has 6 rings (SSSR count). The molecule has 3 amide bonds. The number of aromatic nitrogens is 2. The van der Waals surface area contributed by atoms with E-state index in [0.717, 1.165) is 45.8 Å². The molecule has 4 heterocycles. The van der Waals surface area contributed by atoms with Gasteiger partial charge in [0.15, 0.2) is 0 Å². The number of anilines is 1. The molecule has 0 aliphatic carbocycles. The smallest absolute Gasteiger partial charge is 0.348 e. The second-order valence-corrected chi connectivity index (χ2v) is 14.2. The molecule has 3 aliphatic heterocycles. The molecule has 3 N–H and O–H groups in total. The van der Waals surface area contributed by atoms with Crippen LogP contribution >= 0.6 is 31.9 Å². The fourth-order valence-corrected chi connectivity index (χ4v) is 8.34. The molecule has 10 nitrogen and oxygen atoms in total. The Morgan fingerprint density at radius 2 is 1.51 bits per heavy atom. The van der Waals surface area contributed by atoms with Gasteiger partial charge in [-0.15, -0.1) is 0 Å². The molecule has 1 aromatic heterocycles. The van der Waals surface area contributed by atoms with E-state index in [-0.39, 0.29) is 23.7 Å². The van der Waals surface area contributed by atoms with Crippen molar-refractivity contribution in [2.24, 2.45) is 0 Å². The highest BCUT2D eigenvalue weighted by Gasteiger charge is 2.33. The van der Waals surface area contributed by atoms with Gasteiger partial charge < -0.3 is 25.8 Å². The van der Waals surface area contributed by atoms with E-state index < -0.39 is 6.04 Å². The van der Waals surface area contributed by atoms with Crippen molar-refractivity contribution >= 4 is 60.4 Å². The first-order chi connectivity index (χ1) is 21.8. The molecule has 3 aliphatic rings. The number of nitrogens with zero attached hydrogens (tertiary/aromatic N) is 5. The van der Waals surface area contributed by atoms with Gasteiger partial charge in [-0.1, -0.05) is 24.6 Å². The number of hydrogen-bond donors (Lipinski definition) is 2. The van der Waals surface area contributed by atoms with Gasteiger partial charge in [-0.25, -0.2) is 9.59 Å². The number of fused-ring (bicyclic) bond motifs is 1. The number of nitrogens with two attached hydrogens (primary N) is 1. The van der Waals surface area contributed by atoms with Crippen molar-refractivity contribution < 1.29 is 9.59 Å². The summed E-state index contributed by atoms with van der Waals surface area (Å²) in [5.41, 5.74) is 8.02. The van der Waals surface area contributed by atoms with E-state index in [2.05, 4.69) is 47.1 Å². The number of urea groups is 1. The van der Waals surface area contributed by atoms with Gasteiger partial charge >= 0.3 is 11.7 Å². The third kappa shape index (κ3) is 7.38. The van der Waals surface area contributed by atoms with E-state index in [1.165, 1.54) is 19.3 Å². The SMILES string of the molecule is Nc1c(Br)cc(C[C@H](NC(=O)N2CCC(n3cc4ccccc4nc3=O)CC2)C(=O)N2CCC(N3CCCCC3)CC2)cc1Br. The molecule has 3 fully saturated rings. The van der Waals surface area contributed by atoms with Crippen LogP contribution in [0.3, 0.4) is 0 Å². The molecule has 0 radical (unpaired) electrons. The minimum Gasteiger partial charge on any atom is -0.397 e. The summed E-state index contributed by atoms with van der Waals surface area (Å²) in [7, 11) is 0. The fourth-order valence-electron chi connectivity index (χ4n) is 7.06. The van der Waals surface area contributed by atoms with Crippen LogP contribution in [0.1, 0.15) is 56.6 Å². The summed E-state index contributed by atoms with van der Waals surface area (Å²) in [6, 6.07) is 10.9. The second-order valence-electron chi connectivity index (χ2n) is 12.5. The maximum absolute atomic E-state index is 14.0. The fraction of sp³-hybridized carbons (Fsp3) is 0.515. The summed E-state index contributed by atoms with van der Waals surface area (Å²) in [6.07, 6.45) is 9.23. The van der Waals surface area contributed by atoms with Crippen molar-refractivity contribution in [3.63, 3.8) is 0 Å². The van der Waals surface area contributed by atoms with Gasteiger partial charge in [-0.3, -0.25) is 9.36 Å². The van der Waals surface area contributed by atoms with Gasteiger partial charge in [0.2, 0.25) is 5.91 Å². The minimum atomic E-state index is -0.712. The first-order valence-corrected chi connectivity index (χ1v) is 17.6. The Labute approximate surface area is 280 Å². The van der Waals surface area contributed by atoms with Crippen LogP contribution in [0, 0.1) is 0 Å². The Hall–Kier alpha value is -2.96. The van der Waals surface area contributed by atoms with Crippen LogP contribution < -0.4 is 16.7 Å². The molecule has 12 heteroatoms. The molecule has 240 valence electrons. The zero-order valence-electron chi connectivity index (χ0n) is 25.5. The van der Waals surface area contributed by atoms with Gasteiger partial charge in [0.25, 0.3) is 0 Å². The summed E-state index contributed by atoms with van der Waals surface area (Å²) in [6.45, 7) is 4.67. The van der Waals surface area contributed by atoms with Gasteiger partial charge in [0, 0.05) is 65.2 Å². The number of nitrogen functional groups attached to an aromatic ring is 1. The van der Waals surface area contributed by atoms with Crippen LogP contribution in [-0.4, -0.2) is 87.5 Å². The molecule has 45 heavy (non-hydrogen) atoms. The van der Waals surface area contributed by atoms with Gasteiger partial charge in [-0.2, -0.15) is 4.98 Å². The number of carbonyl (C=O) groups is 2. The van der Waals surface area contributed by atoms with Crippen molar-refractivity contribution in [3.8, 4) is 0 Å². The Morgan fingerprint density at radius 1 is 0.889 bits per heavy atom. The molecule has 3 aromatic rings. The third-order valence-corrected chi connectivity index (χ3v) is 11.0. The number of nitrogens with one attached hydrogen (secondary N) is 1. The lowest BCUT2D eigenvalue weighted by Gasteiger charge is -2.41. The van der Waals surface area contributed by atoms with Gasteiger partial charge in [0.05, 0.1) is 11.2 Å². The van der Waals surface area contributed by atoms with Crippen LogP contribution in [0.4, 0.5) is 10.5 Å². The molecular formula is C33H41Br2N7O3. The first-order valence-electron chi connectivity index (χ1n) is 16.1. The second kappa shape index (κ2) is 14.2. The van der Waals surface area contributed by atoms with Crippen LogP contribution in [0.2, 0.25) is 0 Å². The summed E-state index contributed by atoms with van der Waals surface area (Å²) in [4.78, 5) is 50.9. The highest BCUT2D eigenvalue weighted by atomic mass is 79.9. The zero-order valence-corrected chi connectivity index (χ0v) is 28.6. The summed E-state index contributed by atoms with van der Waals surface area (Å²) in [5, 5.41) is 4.01. The number of piperidine rings is 3. The van der Waals surface area contributed by atoms with Crippen molar-refractivity contribution in [2.45, 2.75) is 69.5 Å². The van der Waals surface area contributed by atoms with Crippen molar-refractivity contribution in [2.75, 3.05) is 45.0 Å².